The summed E-state index contributed by atoms with van der Waals surface area (Å²) in [6.45, 7) is 9.05. The Balaban J connectivity index is 0.00000180. The first-order valence-corrected chi connectivity index (χ1v) is 6.78. The first-order valence-electron chi connectivity index (χ1n) is 6.78. The van der Waals surface area contributed by atoms with E-state index >= 15 is 0 Å². The van der Waals surface area contributed by atoms with Gasteiger partial charge in [0.15, 0.2) is 0 Å². The van der Waals surface area contributed by atoms with Gasteiger partial charge >= 0.3 is 6.09 Å². The summed E-state index contributed by atoms with van der Waals surface area (Å²) < 4.78 is 11.2. The van der Waals surface area contributed by atoms with Crippen LogP contribution in [0.15, 0.2) is 0 Å². The van der Waals surface area contributed by atoms with Gasteiger partial charge in [-0.25, -0.2) is 4.79 Å². The van der Waals surface area contributed by atoms with Crippen LogP contribution in [0, 0.1) is 0 Å². The van der Waals surface area contributed by atoms with Crippen molar-refractivity contribution in [3.8, 4) is 0 Å². The van der Waals surface area contributed by atoms with Crippen LogP contribution in [0.1, 0.15) is 33.6 Å². The molecule has 5 nitrogen and oxygen atoms in total. The summed E-state index contributed by atoms with van der Waals surface area (Å²) in [7, 11) is 0. The van der Waals surface area contributed by atoms with Gasteiger partial charge in [-0.1, -0.05) is 0 Å². The average Bonchev–Trinajstić information content (AvgIpc) is 2.21. The number of likely N-dealkylation sites (tertiary alicyclic amines) is 1. The zero-order valence-electron chi connectivity index (χ0n) is 12.0. The van der Waals surface area contributed by atoms with Crippen molar-refractivity contribution in [2.75, 3.05) is 26.2 Å². The molecule has 0 aromatic heterocycles. The molecule has 1 N–H and O–H groups in total. The van der Waals surface area contributed by atoms with E-state index in [0.717, 1.165) is 25.9 Å². The number of piperidine rings is 1. The Morgan fingerprint density at radius 1 is 1.16 bits per heavy atom. The van der Waals surface area contributed by atoms with Crippen LogP contribution < -0.4 is 5.32 Å². The molecule has 19 heavy (non-hydrogen) atoms. The van der Waals surface area contributed by atoms with Gasteiger partial charge in [-0.2, -0.15) is 0 Å². The van der Waals surface area contributed by atoms with Crippen molar-refractivity contribution >= 4 is 18.5 Å². The maximum Gasteiger partial charge on any atom is 0.410 e. The Hall–Kier alpha value is -0.520. The van der Waals surface area contributed by atoms with Crippen molar-refractivity contribution in [1.82, 2.24) is 10.2 Å². The summed E-state index contributed by atoms with van der Waals surface area (Å²) in [6.07, 6.45) is 2.47. The number of carbonyl (C=O) groups is 1. The molecular weight excluding hydrogens is 268 g/mol. The van der Waals surface area contributed by atoms with Crippen molar-refractivity contribution < 1.29 is 14.3 Å². The van der Waals surface area contributed by atoms with E-state index in [2.05, 4.69) is 5.32 Å². The molecule has 0 atom stereocenters. The molecule has 2 heterocycles. The fourth-order valence-electron chi connectivity index (χ4n) is 2.20. The molecule has 2 rings (SSSR count). The normalized spacial score (nSPS) is 21.5. The molecule has 0 aromatic carbocycles. The first kappa shape index (κ1) is 16.5. The lowest BCUT2D eigenvalue weighted by atomic mass is 10.1. The van der Waals surface area contributed by atoms with Crippen LogP contribution in [-0.2, 0) is 9.47 Å². The SMILES string of the molecule is CC(C)(C)OC(=O)N1CC(OC2CCNCC2)C1.Cl. The van der Waals surface area contributed by atoms with Crippen LogP contribution in [0.5, 0.6) is 0 Å². The number of hydrogen-bond donors (Lipinski definition) is 1. The number of amides is 1. The van der Waals surface area contributed by atoms with Crippen LogP contribution in [0.3, 0.4) is 0 Å². The predicted molar refractivity (Wildman–Crippen MR) is 75.8 cm³/mol. The lowest BCUT2D eigenvalue weighted by molar-refractivity contribution is -0.0994. The van der Waals surface area contributed by atoms with Gasteiger partial charge in [0.25, 0.3) is 0 Å². The summed E-state index contributed by atoms with van der Waals surface area (Å²) in [5.41, 5.74) is -0.419. The predicted octanol–water partition coefficient (Wildman–Crippen LogP) is 1.80. The monoisotopic (exact) mass is 292 g/mol. The number of nitrogens with one attached hydrogen (secondary N) is 1. The van der Waals surface area contributed by atoms with E-state index in [1.165, 1.54) is 0 Å². The van der Waals surface area contributed by atoms with Crippen LogP contribution in [-0.4, -0.2) is 55.0 Å². The number of carbonyl (C=O) groups excluding carboxylic acids is 1. The largest absolute Gasteiger partial charge is 0.444 e. The second kappa shape index (κ2) is 6.77. The molecule has 2 fully saturated rings. The third-order valence-corrected chi connectivity index (χ3v) is 3.17. The van der Waals surface area contributed by atoms with Gasteiger partial charge in [0, 0.05) is 0 Å². The van der Waals surface area contributed by atoms with E-state index in [1.807, 2.05) is 20.8 Å². The molecule has 2 saturated heterocycles. The highest BCUT2D eigenvalue weighted by Crippen LogP contribution is 2.20. The average molecular weight is 293 g/mol. The van der Waals surface area contributed by atoms with Crippen LogP contribution in [0.2, 0.25) is 0 Å². The molecule has 1 amide bonds. The zero-order valence-corrected chi connectivity index (χ0v) is 12.8. The molecule has 0 bridgehead atoms. The minimum absolute atomic E-state index is 0. The first-order chi connectivity index (χ1) is 8.44. The van der Waals surface area contributed by atoms with Crippen LogP contribution in [0.4, 0.5) is 4.79 Å². The molecular formula is C13H25ClN2O3. The number of ether oxygens (including phenoxy) is 2. The second-order valence-corrected chi connectivity index (χ2v) is 6.09. The number of rotatable bonds is 2. The molecule has 0 aromatic rings. The smallest absolute Gasteiger partial charge is 0.410 e. The molecule has 0 radical (unpaired) electrons. The van der Waals surface area contributed by atoms with E-state index in [4.69, 9.17) is 9.47 Å². The summed E-state index contributed by atoms with van der Waals surface area (Å²) >= 11 is 0. The summed E-state index contributed by atoms with van der Waals surface area (Å²) in [5.74, 6) is 0. The number of nitrogens with zero attached hydrogens (tertiary/aromatic N) is 1. The molecule has 0 spiro atoms. The summed E-state index contributed by atoms with van der Waals surface area (Å²) in [4.78, 5) is 13.4. The second-order valence-electron chi connectivity index (χ2n) is 6.09. The van der Waals surface area contributed by atoms with Gasteiger partial charge < -0.3 is 19.7 Å². The lowest BCUT2D eigenvalue weighted by Gasteiger charge is -2.41. The van der Waals surface area contributed by atoms with Gasteiger partial charge in [-0.05, 0) is 46.7 Å². The summed E-state index contributed by atoms with van der Waals surface area (Å²) in [6, 6.07) is 0. The van der Waals surface area contributed by atoms with E-state index < -0.39 is 5.60 Å². The standard InChI is InChI=1S/C13H24N2O3.ClH/c1-13(2,3)18-12(16)15-8-11(9-15)17-10-4-6-14-7-5-10;/h10-11,14H,4-9H2,1-3H3;1H. The maximum absolute atomic E-state index is 11.7. The third-order valence-electron chi connectivity index (χ3n) is 3.17. The zero-order chi connectivity index (χ0) is 13.2. The number of hydrogen-bond acceptors (Lipinski definition) is 4. The lowest BCUT2D eigenvalue weighted by Crippen LogP contribution is -2.57. The summed E-state index contributed by atoms with van der Waals surface area (Å²) in [5, 5.41) is 3.31. The molecule has 2 aliphatic heterocycles. The highest BCUT2D eigenvalue weighted by Gasteiger charge is 2.35. The Kier molecular flexibility index (Phi) is 5.89. The van der Waals surface area contributed by atoms with E-state index in [9.17, 15) is 4.79 Å². The Morgan fingerprint density at radius 3 is 2.26 bits per heavy atom. The van der Waals surface area contributed by atoms with Crippen molar-refractivity contribution in [2.45, 2.75) is 51.4 Å². The number of halogens is 1. The molecule has 112 valence electrons. The fraction of sp³-hybridized carbons (Fsp3) is 0.923. The molecule has 0 aliphatic carbocycles. The minimum atomic E-state index is -0.419. The minimum Gasteiger partial charge on any atom is -0.444 e. The van der Waals surface area contributed by atoms with E-state index in [0.29, 0.717) is 19.2 Å². The molecule has 0 saturated carbocycles. The van der Waals surface area contributed by atoms with E-state index in [-0.39, 0.29) is 24.6 Å². The molecule has 2 aliphatic rings. The van der Waals surface area contributed by atoms with Crippen molar-refractivity contribution in [3.63, 3.8) is 0 Å². The molecule has 0 unspecified atom stereocenters. The van der Waals surface area contributed by atoms with Gasteiger partial charge in [-0.15, -0.1) is 12.4 Å². The van der Waals surface area contributed by atoms with Crippen molar-refractivity contribution in [1.29, 1.82) is 0 Å². The topological polar surface area (TPSA) is 50.8 Å². The maximum atomic E-state index is 11.7. The highest BCUT2D eigenvalue weighted by molar-refractivity contribution is 5.85. The van der Waals surface area contributed by atoms with Crippen LogP contribution in [0.25, 0.3) is 0 Å². The quantitative estimate of drug-likeness (QED) is 0.843. The fourth-order valence-corrected chi connectivity index (χ4v) is 2.20. The Bertz CT molecular complexity index is 295. The highest BCUT2D eigenvalue weighted by atomic mass is 35.5. The van der Waals surface area contributed by atoms with Gasteiger partial charge in [0.1, 0.15) is 5.60 Å². The van der Waals surface area contributed by atoms with Gasteiger partial charge in [0.05, 0.1) is 25.3 Å². The van der Waals surface area contributed by atoms with Crippen molar-refractivity contribution in [2.24, 2.45) is 0 Å². The third kappa shape index (κ3) is 5.16. The van der Waals surface area contributed by atoms with Crippen LogP contribution >= 0.6 is 12.4 Å². The Morgan fingerprint density at radius 2 is 1.74 bits per heavy atom. The molecule has 6 heteroatoms. The van der Waals surface area contributed by atoms with E-state index in [1.54, 1.807) is 4.90 Å². The van der Waals surface area contributed by atoms with Crippen molar-refractivity contribution in [3.05, 3.63) is 0 Å². The van der Waals surface area contributed by atoms with Gasteiger partial charge in [-0.3, -0.25) is 0 Å². The Labute approximate surface area is 121 Å². The van der Waals surface area contributed by atoms with Gasteiger partial charge in [0.2, 0.25) is 0 Å².